The standard InChI is InChI=1S/C12H13BrO4.C12H14O4.Al.BHNS.B.HN/c1-12(2,5-10(16)17)11-7(6-13)8(14)3-4-9(11)15;1-7-8(13)4-5-9(14)11(7)12(2,3)6-10(15)16;;1-2-3;;/h3-4H,5-6H2,1-2H3,(H,16,17);4-5H,6H2,1-3H3,(H,15,16);;3H;;1H. The number of nitrogens with zero attached hydrogens (tertiary/aromatic N) is 1. The van der Waals surface area contributed by atoms with Crippen LogP contribution in [0.1, 0.15) is 47.5 Å². The number of carboxylic acid groups (broad SMARTS) is 2. The van der Waals surface area contributed by atoms with Crippen molar-refractivity contribution in [2.45, 2.75) is 47.5 Å². The summed E-state index contributed by atoms with van der Waals surface area (Å²) < 4.78 is 8.36. The molecule has 0 bridgehead atoms. The van der Waals surface area contributed by atoms with Gasteiger partial charge in [-0.15, -0.1) is 0 Å². The number of thiol groups is 1. The Morgan fingerprint density at radius 1 is 0.872 bits per heavy atom. The van der Waals surface area contributed by atoms with E-state index in [0.29, 0.717) is 22.3 Å². The number of hydrogen-bond acceptors (Lipinski definition) is 9. The van der Waals surface area contributed by atoms with Crippen molar-refractivity contribution in [2.75, 3.05) is 5.33 Å². The van der Waals surface area contributed by atoms with E-state index in [9.17, 15) is 28.8 Å². The van der Waals surface area contributed by atoms with Crippen molar-refractivity contribution < 1.29 is 39.0 Å². The van der Waals surface area contributed by atoms with Gasteiger partial charge in [0.25, 0.3) is 0 Å². The number of alkyl halides is 1. The quantitative estimate of drug-likeness (QED) is 0.143. The molecule has 0 aromatic heterocycles. The average Bonchev–Trinajstić information content (AvgIpc) is 2.78. The molecule has 0 saturated carbocycles. The molecule has 15 heteroatoms. The second-order valence-corrected chi connectivity index (χ2v) is 9.93. The van der Waals surface area contributed by atoms with E-state index in [4.69, 9.17) is 14.6 Å². The second kappa shape index (κ2) is 18.9. The van der Waals surface area contributed by atoms with Crippen molar-refractivity contribution in [2.24, 2.45) is 15.1 Å². The third-order valence-corrected chi connectivity index (χ3v) is 5.84. The van der Waals surface area contributed by atoms with Crippen LogP contribution in [0.5, 0.6) is 0 Å². The van der Waals surface area contributed by atoms with Crippen molar-refractivity contribution in [3.8, 4) is 0 Å². The summed E-state index contributed by atoms with van der Waals surface area (Å²) in [6, 6.07) is 0. The third-order valence-electron chi connectivity index (χ3n) is 5.28. The first-order valence-corrected chi connectivity index (χ1v) is 12.9. The summed E-state index contributed by atoms with van der Waals surface area (Å²) in [6.07, 6.45) is 4.48. The Balaban J connectivity index is -0.000000558. The molecule has 2 aliphatic rings. The molecular formula is C24H29AlB2BrN2O8S. The molecule has 10 nitrogen and oxygen atoms in total. The predicted molar refractivity (Wildman–Crippen MR) is 155 cm³/mol. The summed E-state index contributed by atoms with van der Waals surface area (Å²) in [5, 5.41) is 17.9. The van der Waals surface area contributed by atoms with Crippen LogP contribution in [0.3, 0.4) is 0 Å². The summed E-state index contributed by atoms with van der Waals surface area (Å²) in [5.41, 5.74) is -0.381. The van der Waals surface area contributed by atoms with Gasteiger partial charge < -0.3 is 10.2 Å². The summed E-state index contributed by atoms with van der Waals surface area (Å²) in [5.74, 6) is -3.01. The topological polar surface area (TPSA) is 179 Å². The van der Waals surface area contributed by atoms with Gasteiger partial charge in [0, 0.05) is 46.9 Å². The number of ketones is 4. The van der Waals surface area contributed by atoms with Crippen LogP contribution in [0.15, 0.2) is 50.9 Å². The fourth-order valence-electron chi connectivity index (χ4n) is 3.92. The van der Waals surface area contributed by atoms with E-state index >= 15 is 0 Å². The second-order valence-electron chi connectivity index (χ2n) is 9.14. The normalized spacial score (nSPS) is 14.6. The Morgan fingerprint density at radius 3 is 1.54 bits per heavy atom. The summed E-state index contributed by atoms with van der Waals surface area (Å²) >= 11 is 8.02. The van der Waals surface area contributed by atoms with Gasteiger partial charge in [-0.1, -0.05) is 43.6 Å². The monoisotopic (exact) mass is 633 g/mol. The molecule has 0 saturated heterocycles. The van der Waals surface area contributed by atoms with Crippen LogP contribution in [0.2, 0.25) is 0 Å². The zero-order valence-corrected chi connectivity index (χ0v) is 25.9. The molecule has 0 fully saturated rings. The van der Waals surface area contributed by atoms with E-state index in [1.54, 1.807) is 50.7 Å². The van der Waals surface area contributed by atoms with E-state index in [1.807, 2.05) is 0 Å². The number of rotatable bonds is 7. The fourth-order valence-corrected chi connectivity index (χ4v) is 4.48. The van der Waals surface area contributed by atoms with Crippen molar-refractivity contribution >= 4 is 96.0 Å². The Morgan fingerprint density at radius 2 is 1.18 bits per heavy atom. The summed E-state index contributed by atoms with van der Waals surface area (Å²) in [4.78, 5) is 68.1. The molecule has 3 N–H and O–H groups in total. The first-order valence-electron chi connectivity index (χ1n) is 10.8. The fraction of sp³-hybridized carbons (Fsp3) is 0.417. The molecule has 0 spiro atoms. The van der Waals surface area contributed by atoms with E-state index in [1.165, 1.54) is 24.3 Å². The number of allylic oxidation sites excluding steroid dienone is 8. The number of carbonyl (C=O) groups is 6. The first-order chi connectivity index (χ1) is 17.5. The van der Waals surface area contributed by atoms with Gasteiger partial charge in [-0.2, -0.15) is 0 Å². The van der Waals surface area contributed by atoms with Crippen LogP contribution in [0, 0.1) is 15.2 Å². The van der Waals surface area contributed by atoms with Gasteiger partial charge in [0.1, 0.15) is 0 Å². The Labute approximate surface area is 252 Å². The molecule has 5 radical (unpaired) electrons. The molecule has 0 unspecified atom stereocenters. The van der Waals surface area contributed by atoms with Crippen molar-refractivity contribution in [1.29, 1.82) is 4.35 Å². The minimum atomic E-state index is -0.994. The maximum absolute atomic E-state index is 11.8. The minimum absolute atomic E-state index is 0. The van der Waals surface area contributed by atoms with Gasteiger partial charge in [0.2, 0.25) is 0 Å². The molecule has 0 aromatic rings. The Kier molecular flexibility index (Phi) is 19.9. The van der Waals surface area contributed by atoms with E-state index in [-0.39, 0.29) is 49.7 Å². The number of aliphatic carboxylic acids is 2. The number of carboxylic acids is 2. The van der Waals surface area contributed by atoms with Crippen LogP contribution in [0.4, 0.5) is 0 Å². The molecular weight excluding hydrogens is 605 g/mol. The van der Waals surface area contributed by atoms with Gasteiger partial charge in [0.15, 0.2) is 23.1 Å². The van der Waals surface area contributed by atoms with Gasteiger partial charge in [-0.05, 0) is 31.2 Å². The molecule has 39 heavy (non-hydrogen) atoms. The molecule has 205 valence electrons. The number of hydrogen-bond donors (Lipinski definition) is 4. The van der Waals surface area contributed by atoms with Crippen LogP contribution >= 0.6 is 28.7 Å². The zero-order valence-electron chi connectivity index (χ0n) is 22.3. The summed E-state index contributed by atoms with van der Waals surface area (Å²) in [7, 11) is 4.34. The molecule has 0 aromatic carbocycles. The zero-order chi connectivity index (χ0) is 30.4. The van der Waals surface area contributed by atoms with Crippen molar-refractivity contribution in [3.63, 3.8) is 0 Å². The molecule has 0 aliphatic heterocycles. The first kappa shape index (κ1) is 41.2. The van der Waals surface area contributed by atoms with E-state index in [2.05, 4.69) is 40.7 Å². The van der Waals surface area contributed by atoms with Crippen LogP contribution in [-0.4, -0.2) is 82.8 Å². The van der Waals surface area contributed by atoms with Gasteiger partial charge in [0.05, 0.1) is 12.8 Å². The third kappa shape index (κ3) is 13.0. The van der Waals surface area contributed by atoms with Crippen LogP contribution < -0.4 is 0 Å². The average molecular weight is 634 g/mol. The van der Waals surface area contributed by atoms with E-state index in [0.717, 1.165) is 0 Å². The molecule has 0 atom stereocenters. The molecule has 0 amide bonds. The Bertz CT molecular complexity index is 1130. The van der Waals surface area contributed by atoms with Gasteiger partial charge in [-0.3, -0.25) is 28.8 Å². The molecule has 2 aliphatic carbocycles. The van der Waals surface area contributed by atoms with Crippen LogP contribution in [0.25, 0.3) is 0 Å². The maximum atomic E-state index is 11.8. The van der Waals surface area contributed by atoms with Gasteiger partial charge in [-0.25, -0.2) is 0 Å². The van der Waals surface area contributed by atoms with Crippen molar-refractivity contribution in [1.82, 2.24) is 0 Å². The predicted octanol–water partition coefficient (Wildman–Crippen LogP) is 3.12. The van der Waals surface area contributed by atoms with Gasteiger partial charge >= 0.3 is 57.1 Å². The number of nitrogens with one attached hydrogen (secondary N) is 1. The molecule has 2 rings (SSSR count). The molecule has 0 heterocycles. The number of halogens is 1. The Hall–Kier alpha value is -2.33. The van der Waals surface area contributed by atoms with E-state index < -0.39 is 22.8 Å². The van der Waals surface area contributed by atoms with Crippen LogP contribution in [-0.2, 0) is 28.8 Å². The number of carbonyl (C=O) groups excluding carboxylic acids is 4. The summed E-state index contributed by atoms with van der Waals surface area (Å²) in [6.45, 7) is 8.18. The SMILES string of the molecule is CC(C)(CC(=O)O)C1=C(CBr)C(=O)C=CC1=O.CC1=C(C(C)(C)CC(=O)O)C(=O)C=CC1=O.[B].[B]=NS.[NH]=[Al]. The van der Waals surface area contributed by atoms with Crippen molar-refractivity contribution in [3.05, 3.63) is 46.6 Å².